The van der Waals surface area contributed by atoms with Gasteiger partial charge in [0.05, 0.1) is 6.04 Å². The minimum atomic E-state index is -0.609. The molecule has 10 nitrogen and oxygen atoms in total. The Morgan fingerprint density at radius 2 is 1.93 bits per heavy atom. The molecule has 5 heterocycles. The number of nitrogens with two attached hydrogens (primary N) is 1. The van der Waals surface area contributed by atoms with E-state index in [9.17, 15) is 9.59 Å². The summed E-state index contributed by atoms with van der Waals surface area (Å²) in [6, 6.07) is 8.15. The van der Waals surface area contributed by atoms with Gasteiger partial charge in [-0.3, -0.25) is 9.20 Å². The van der Waals surface area contributed by atoms with E-state index < -0.39 is 11.7 Å². The number of cyclic esters (lactones) is 1. The van der Waals surface area contributed by atoms with Crippen LogP contribution in [0.15, 0.2) is 48.9 Å². The van der Waals surface area contributed by atoms with Gasteiger partial charge in [0.25, 0.3) is 5.91 Å². The molecule has 0 spiro atoms. The van der Waals surface area contributed by atoms with E-state index in [1.54, 1.807) is 29.6 Å². The molecule has 40 heavy (non-hydrogen) atoms. The highest BCUT2D eigenvalue weighted by Crippen LogP contribution is 2.41. The van der Waals surface area contributed by atoms with Crippen LogP contribution in [0, 0.1) is 5.82 Å². The summed E-state index contributed by atoms with van der Waals surface area (Å²) in [5, 5.41) is 2.77. The van der Waals surface area contributed by atoms with Crippen molar-refractivity contribution in [2.75, 3.05) is 17.6 Å². The van der Waals surface area contributed by atoms with Crippen molar-refractivity contribution in [2.45, 2.75) is 56.6 Å². The number of hydrogen-bond donors (Lipinski definition) is 2. The average Bonchev–Trinajstić information content (AvgIpc) is 3.67. The van der Waals surface area contributed by atoms with Crippen LogP contribution >= 0.6 is 0 Å². The first-order valence-corrected chi connectivity index (χ1v) is 13.5. The molecule has 4 aromatic rings. The Labute approximate surface area is 229 Å². The van der Waals surface area contributed by atoms with E-state index >= 15 is 4.39 Å². The highest BCUT2D eigenvalue weighted by molar-refractivity contribution is 6.04. The number of anilines is 2. The Kier molecular flexibility index (Phi) is 5.69. The molecule has 3 fully saturated rings. The monoisotopic (exact) mass is 541 g/mol. The number of nitrogen functional groups attached to an aromatic ring is 1. The number of nitrogens with zero attached hydrogens (tertiary/aromatic N) is 5. The molecule has 3 N–H and O–H groups in total. The number of carbonyl (C=O) groups excluding carboxylic acids is 2. The molecule has 2 amide bonds. The van der Waals surface area contributed by atoms with Crippen LogP contribution in [0.4, 0.5) is 20.8 Å². The van der Waals surface area contributed by atoms with Gasteiger partial charge < -0.3 is 20.7 Å². The van der Waals surface area contributed by atoms with Crippen molar-refractivity contribution in [3.63, 3.8) is 0 Å². The molecular weight excluding hydrogens is 513 g/mol. The van der Waals surface area contributed by atoms with Gasteiger partial charge >= 0.3 is 6.09 Å². The van der Waals surface area contributed by atoms with Crippen LogP contribution < -0.4 is 11.1 Å². The number of piperidine rings is 1. The second-order valence-corrected chi connectivity index (χ2v) is 10.8. The molecule has 1 aliphatic carbocycles. The molecule has 0 unspecified atom stereocenters. The highest BCUT2D eigenvalue weighted by Gasteiger charge is 2.44. The second kappa shape index (κ2) is 9.29. The summed E-state index contributed by atoms with van der Waals surface area (Å²) in [7, 11) is 0. The van der Waals surface area contributed by atoms with Crippen molar-refractivity contribution in [1.82, 2.24) is 24.3 Å². The minimum absolute atomic E-state index is 0.0451. The summed E-state index contributed by atoms with van der Waals surface area (Å²) in [6.07, 6.45) is 8.37. The SMILES string of the molecule is C[C@@H]1OC(=O)N2C[C@H](c3nc(-c4ccc(C(=O)Nc5cc(C6CC6)ccn5)cc4F)c4c(N)nccn34)CC[C@@H]12. The lowest BCUT2D eigenvalue weighted by atomic mass is 9.91. The second-order valence-electron chi connectivity index (χ2n) is 10.8. The molecule has 1 saturated carbocycles. The van der Waals surface area contributed by atoms with Gasteiger partial charge in [0, 0.05) is 42.2 Å². The van der Waals surface area contributed by atoms with Crippen LogP contribution in [-0.2, 0) is 4.74 Å². The number of carbonyl (C=O) groups is 2. The number of fused-ring (bicyclic) bond motifs is 2. The van der Waals surface area contributed by atoms with Gasteiger partial charge in [-0.2, -0.15) is 0 Å². The van der Waals surface area contributed by atoms with Crippen LogP contribution in [-0.4, -0.2) is 54.9 Å². The van der Waals surface area contributed by atoms with Crippen molar-refractivity contribution < 1.29 is 18.7 Å². The van der Waals surface area contributed by atoms with E-state index in [0.717, 1.165) is 31.2 Å². The fourth-order valence-corrected chi connectivity index (χ4v) is 5.99. The average molecular weight is 542 g/mol. The lowest BCUT2D eigenvalue weighted by Gasteiger charge is -2.33. The van der Waals surface area contributed by atoms with Gasteiger partial charge in [0.1, 0.15) is 40.6 Å². The van der Waals surface area contributed by atoms with E-state index in [-0.39, 0.29) is 41.1 Å². The summed E-state index contributed by atoms with van der Waals surface area (Å²) < 4.78 is 22.9. The van der Waals surface area contributed by atoms with Crippen molar-refractivity contribution in [3.05, 3.63) is 71.7 Å². The standard InChI is InChI=1S/C29H28FN7O3/c1-15-22-7-5-19(14-37(22)29(39)40-15)27-35-24(25-26(31)33-10-11-36(25)27)20-6-4-18(12-21(20)30)28(38)34-23-13-17(8-9-32-23)16-2-3-16/h4,6,8-13,15-16,19,22H,2-3,5,7,14H2,1H3,(H2,31,33)(H,32,34,38)/t15-,19+,22-/m0/s1. The Morgan fingerprint density at radius 3 is 2.73 bits per heavy atom. The molecule has 1 aromatic carbocycles. The van der Waals surface area contributed by atoms with Crippen LogP contribution in [0.2, 0.25) is 0 Å². The smallest absolute Gasteiger partial charge is 0.410 e. The number of hydrogen-bond acceptors (Lipinski definition) is 7. The van der Waals surface area contributed by atoms with Gasteiger partial charge in [-0.05, 0) is 74.4 Å². The molecule has 2 saturated heterocycles. The number of ether oxygens (including phenoxy) is 1. The fourth-order valence-electron chi connectivity index (χ4n) is 5.99. The maximum absolute atomic E-state index is 15.6. The van der Waals surface area contributed by atoms with Crippen molar-refractivity contribution in [1.29, 1.82) is 0 Å². The number of amides is 2. The van der Waals surface area contributed by atoms with Crippen LogP contribution in [0.3, 0.4) is 0 Å². The molecule has 0 bridgehead atoms. The Hall–Kier alpha value is -4.54. The number of benzene rings is 1. The number of aromatic nitrogens is 4. The lowest BCUT2D eigenvalue weighted by molar-refractivity contribution is 0.102. The van der Waals surface area contributed by atoms with E-state index in [4.69, 9.17) is 15.5 Å². The third-order valence-electron chi connectivity index (χ3n) is 8.23. The molecule has 3 atom stereocenters. The maximum Gasteiger partial charge on any atom is 0.410 e. The quantitative estimate of drug-likeness (QED) is 0.374. The lowest BCUT2D eigenvalue weighted by Crippen LogP contribution is -2.43. The largest absolute Gasteiger partial charge is 0.444 e. The van der Waals surface area contributed by atoms with Crippen molar-refractivity contribution in [2.24, 2.45) is 0 Å². The summed E-state index contributed by atoms with van der Waals surface area (Å²) in [5.41, 5.74) is 8.59. The highest BCUT2D eigenvalue weighted by atomic mass is 19.1. The zero-order chi connectivity index (χ0) is 27.5. The number of pyridine rings is 1. The first-order chi connectivity index (χ1) is 19.4. The van der Waals surface area contributed by atoms with Crippen LogP contribution in [0.5, 0.6) is 0 Å². The number of rotatable bonds is 5. The van der Waals surface area contributed by atoms with Gasteiger partial charge in [-0.15, -0.1) is 0 Å². The molecule has 204 valence electrons. The van der Waals surface area contributed by atoms with Crippen LogP contribution in [0.25, 0.3) is 16.8 Å². The van der Waals surface area contributed by atoms with E-state index in [1.807, 2.05) is 23.5 Å². The first-order valence-electron chi connectivity index (χ1n) is 13.5. The van der Waals surface area contributed by atoms with Gasteiger partial charge in [0.15, 0.2) is 0 Å². The Morgan fingerprint density at radius 1 is 1.10 bits per heavy atom. The normalized spacial score (nSPS) is 22.3. The predicted octanol–water partition coefficient (Wildman–Crippen LogP) is 4.73. The Bertz CT molecular complexity index is 1670. The zero-order valence-electron chi connectivity index (χ0n) is 21.9. The Balaban J connectivity index is 1.20. The molecule has 0 radical (unpaired) electrons. The van der Waals surface area contributed by atoms with Crippen molar-refractivity contribution in [3.8, 4) is 11.3 Å². The minimum Gasteiger partial charge on any atom is -0.444 e. The van der Waals surface area contributed by atoms with Gasteiger partial charge in [-0.1, -0.05) is 0 Å². The van der Waals surface area contributed by atoms with Crippen LogP contribution in [0.1, 0.15) is 66.2 Å². The first kappa shape index (κ1) is 24.5. The molecule has 3 aromatic heterocycles. The molecule has 3 aliphatic rings. The predicted molar refractivity (Wildman–Crippen MR) is 145 cm³/mol. The fraction of sp³-hybridized carbons (Fsp3) is 0.345. The van der Waals surface area contributed by atoms with Crippen molar-refractivity contribution >= 4 is 29.2 Å². The summed E-state index contributed by atoms with van der Waals surface area (Å²) in [4.78, 5) is 40.4. The number of halogens is 1. The maximum atomic E-state index is 15.6. The zero-order valence-corrected chi connectivity index (χ0v) is 21.9. The van der Waals surface area contributed by atoms with E-state index in [1.165, 1.54) is 12.1 Å². The summed E-state index contributed by atoms with van der Waals surface area (Å²) >= 11 is 0. The molecule has 11 heteroatoms. The third kappa shape index (κ3) is 4.12. The topological polar surface area (TPSA) is 128 Å². The number of nitrogens with one attached hydrogen (secondary N) is 1. The molecule has 2 aliphatic heterocycles. The third-order valence-corrected chi connectivity index (χ3v) is 8.23. The summed E-state index contributed by atoms with van der Waals surface area (Å²) in [6.45, 7) is 2.36. The summed E-state index contributed by atoms with van der Waals surface area (Å²) in [5.74, 6) is 0.691. The number of imidazole rings is 1. The molecular formula is C29H28FN7O3. The van der Waals surface area contributed by atoms with E-state index in [2.05, 4.69) is 15.3 Å². The van der Waals surface area contributed by atoms with E-state index in [0.29, 0.717) is 35.3 Å². The molecule has 7 rings (SSSR count). The van der Waals surface area contributed by atoms with Gasteiger partial charge in [0.2, 0.25) is 0 Å². The van der Waals surface area contributed by atoms with Gasteiger partial charge in [-0.25, -0.2) is 24.1 Å².